The molecule has 5 heteroatoms. The number of hydrogen-bond acceptors (Lipinski definition) is 3. The van der Waals surface area contributed by atoms with Gasteiger partial charge in [-0.2, -0.15) is 0 Å². The molecule has 4 N–H and O–H groups in total. The summed E-state index contributed by atoms with van der Waals surface area (Å²) < 4.78 is 0. The summed E-state index contributed by atoms with van der Waals surface area (Å²) in [7, 11) is 0. The fourth-order valence-electron chi connectivity index (χ4n) is 1.45. The second-order valence-corrected chi connectivity index (χ2v) is 3.68. The molecule has 0 aliphatic carbocycles. The van der Waals surface area contributed by atoms with Crippen molar-refractivity contribution in [2.24, 2.45) is 5.73 Å². The van der Waals surface area contributed by atoms with E-state index < -0.39 is 6.04 Å². The number of hydrogen-bond donors (Lipinski definition) is 3. The highest BCUT2D eigenvalue weighted by atomic mass is 16.2. The third kappa shape index (κ3) is 3.71. The van der Waals surface area contributed by atoms with Gasteiger partial charge in [-0.3, -0.25) is 9.59 Å². The number of piperidine rings is 1. The molecule has 1 saturated heterocycles. The van der Waals surface area contributed by atoms with Gasteiger partial charge in [-0.25, -0.2) is 0 Å². The van der Waals surface area contributed by atoms with Gasteiger partial charge < -0.3 is 16.4 Å². The number of rotatable bonds is 4. The first-order chi connectivity index (χ1) is 7.13. The minimum Gasteiger partial charge on any atom is -0.354 e. The van der Waals surface area contributed by atoms with Crippen molar-refractivity contribution in [2.75, 3.05) is 6.54 Å². The molecule has 0 radical (unpaired) electrons. The lowest BCUT2D eigenvalue weighted by Crippen LogP contribution is -2.51. The summed E-state index contributed by atoms with van der Waals surface area (Å²) in [4.78, 5) is 22.4. The van der Waals surface area contributed by atoms with Crippen LogP contribution in [-0.2, 0) is 9.59 Å². The van der Waals surface area contributed by atoms with E-state index in [0.29, 0.717) is 25.8 Å². The van der Waals surface area contributed by atoms with Crippen LogP contribution in [0.4, 0.5) is 0 Å². The number of carbonyl (C=O) groups excluding carboxylic acids is 2. The molecular formula is C10H17N3O2. The van der Waals surface area contributed by atoms with Crippen LogP contribution in [0, 0.1) is 0 Å². The first-order valence-electron chi connectivity index (χ1n) is 5.07. The summed E-state index contributed by atoms with van der Waals surface area (Å²) in [5.74, 6) is -0.146. The maximum Gasteiger partial charge on any atom is 0.237 e. The van der Waals surface area contributed by atoms with Crippen LogP contribution in [0.2, 0.25) is 0 Å². The van der Waals surface area contributed by atoms with E-state index in [1.54, 1.807) is 6.08 Å². The Balaban J connectivity index is 2.31. The lowest BCUT2D eigenvalue weighted by Gasteiger charge is -2.24. The quantitative estimate of drug-likeness (QED) is 0.537. The summed E-state index contributed by atoms with van der Waals surface area (Å²) in [6.45, 7) is 4.01. The van der Waals surface area contributed by atoms with Gasteiger partial charge in [-0.1, -0.05) is 6.08 Å². The van der Waals surface area contributed by atoms with E-state index in [2.05, 4.69) is 17.2 Å². The van der Waals surface area contributed by atoms with Crippen molar-refractivity contribution in [1.29, 1.82) is 0 Å². The van der Waals surface area contributed by atoms with Crippen LogP contribution >= 0.6 is 0 Å². The minimum atomic E-state index is -0.542. The van der Waals surface area contributed by atoms with Crippen LogP contribution in [0.15, 0.2) is 12.7 Å². The average Bonchev–Trinajstić information content (AvgIpc) is 2.22. The number of carbonyl (C=O) groups is 2. The van der Waals surface area contributed by atoms with Crippen LogP contribution in [-0.4, -0.2) is 30.4 Å². The number of nitrogens with two attached hydrogens (primary N) is 1. The van der Waals surface area contributed by atoms with Crippen molar-refractivity contribution in [2.45, 2.75) is 31.3 Å². The second kappa shape index (κ2) is 5.50. The summed E-state index contributed by atoms with van der Waals surface area (Å²) in [5, 5.41) is 5.49. The fourth-order valence-corrected chi connectivity index (χ4v) is 1.45. The van der Waals surface area contributed by atoms with E-state index in [0.717, 1.165) is 0 Å². The van der Waals surface area contributed by atoms with Gasteiger partial charge in [0.05, 0.1) is 6.04 Å². The zero-order chi connectivity index (χ0) is 11.3. The summed E-state index contributed by atoms with van der Waals surface area (Å²) in [6.07, 6.45) is 3.22. The van der Waals surface area contributed by atoms with Gasteiger partial charge >= 0.3 is 0 Å². The van der Waals surface area contributed by atoms with Gasteiger partial charge in [0.2, 0.25) is 11.8 Å². The van der Waals surface area contributed by atoms with Crippen molar-refractivity contribution in [3.05, 3.63) is 12.7 Å². The third-order valence-electron chi connectivity index (χ3n) is 2.37. The highest BCUT2D eigenvalue weighted by molar-refractivity contribution is 5.82. The van der Waals surface area contributed by atoms with E-state index in [1.807, 2.05) is 0 Å². The van der Waals surface area contributed by atoms with E-state index in [1.165, 1.54) is 0 Å². The SMILES string of the molecule is C=CCC(N)C(=O)NC1CCC(=O)NC1. The molecule has 1 aliphatic rings. The molecule has 0 aromatic heterocycles. The molecule has 1 heterocycles. The zero-order valence-corrected chi connectivity index (χ0v) is 8.66. The molecule has 2 atom stereocenters. The van der Waals surface area contributed by atoms with Gasteiger partial charge in [0.15, 0.2) is 0 Å². The molecule has 0 saturated carbocycles. The molecule has 1 fully saturated rings. The van der Waals surface area contributed by atoms with Crippen LogP contribution < -0.4 is 16.4 Å². The predicted octanol–water partition coefficient (Wildman–Crippen LogP) is -0.715. The Kier molecular flexibility index (Phi) is 4.30. The average molecular weight is 211 g/mol. The lowest BCUT2D eigenvalue weighted by molar-refractivity contribution is -0.126. The monoisotopic (exact) mass is 211 g/mol. The van der Waals surface area contributed by atoms with Gasteiger partial charge in [-0.05, 0) is 12.8 Å². The van der Waals surface area contributed by atoms with Crippen LogP contribution in [0.3, 0.4) is 0 Å². The van der Waals surface area contributed by atoms with Crippen molar-refractivity contribution >= 4 is 11.8 Å². The zero-order valence-electron chi connectivity index (χ0n) is 8.66. The Morgan fingerprint density at radius 3 is 3.07 bits per heavy atom. The van der Waals surface area contributed by atoms with Crippen molar-refractivity contribution in [1.82, 2.24) is 10.6 Å². The molecule has 1 rings (SSSR count). The molecular weight excluding hydrogens is 194 g/mol. The standard InChI is InChI=1S/C10H17N3O2/c1-2-3-8(11)10(15)13-7-4-5-9(14)12-6-7/h2,7-8H,1,3-6,11H2,(H,12,14)(H,13,15). The molecule has 0 aromatic carbocycles. The van der Waals surface area contributed by atoms with E-state index in [9.17, 15) is 9.59 Å². The fraction of sp³-hybridized carbons (Fsp3) is 0.600. The Morgan fingerprint density at radius 2 is 2.53 bits per heavy atom. The van der Waals surface area contributed by atoms with Crippen molar-refractivity contribution in [3.8, 4) is 0 Å². The highest BCUT2D eigenvalue weighted by Crippen LogP contribution is 2.03. The topological polar surface area (TPSA) is 84.2 Å². The largest absolute Gasteiger partial charge is 0.354 e. The summed E-state index contributed by atoms with van der Waals surface area (Å²) in [6, 6.07) is -0.536. The van der Waals surface area contributed by atoms with Crippen LogP contribution in [0.1, 0.15) is 19.3 Å². The summed E-state index contributed by atoms with van der Waals surface area (Å²) >= 11 is 0. The maximum atomic E-state index is 11.5. The normalized spacial score (nSPS) is 22.7. The number of nitrogens with one attached hydrogen (secondary N) is 2. The molecule has 0 spiro atoms. The highest BCUT2D eigenvalue weighted by Gasteiger charge is 2.21. The maximum absolute atomic E-state index is 11.5. The van der Waals surface area contributed by atoms with E-state index in [4.69, 9.17) is 5.73 Å². The molecule has 2 unspecified atom stereocenters. The Bertz CT molecular complexity index is 255. The molecule has 84 valence electrons. The molecule has 5 nitrogen and oxygen atoms in total. The molecule has 0 bridgehead atoms. The summed E-state index contributed by atoms with van der Waals surface area (Å²) in [5.41, 5.74) is 5.60. The first kappa shape index (κ1) is 11.7. The van der Waals surface area contributed by atoms with Gasteiger partial charge in [0, 0.05) is 19.0 Å². The number of amides is 2. The Morgan fingerprint density at radius 1 is 1.80 bits per heavy atom. The molecule has 1 aliphatic heterocycles. The van der Waals surface area contributed by atoms with Crippen LogP contribution in [0.5, 0.6) is 0 Å². The first-order valence-corrected chi connectivity index (χ1v) is 5.07. The van der Waals surface area contributed by atoms with Gasteiger partial charge in [-0.15, -0.1) is 6.58 Å². The Hall–Kier alpha value is -1.36. The van der Waals surface area contributed by atoms with E-state index >= 15 is 0 Å². The predicted molar refractivity (Wildman–Crippen MR) is 57.0 cm³/mol. The second-order valence-electron chi connectivity index (χ2n) is 3.68. The molecule has 0 aromatic rings. The van der Waals surface area contributed by atoms with Crippen LogP contribution in [0.25, 0.3) is 0 Å². The third-order valence-corrected chi connectivity index (χ3v) is 2.37. The van der Waals surface area contributed by atoms with Crippen molar-refractivity contribution in [3.63, 3.8) is 0 Å². The van der Waals surface area contributed by atoms with Gasteiger partial charge in [0.25, 0.3) is 0 Å². The molecule has 2 amide bonds. The van der Waals surface area contributed by atoms with Gasteiger partial charge in [0.1, 0.15) is 0 Å². The molecule has 15 heavy (non-hydrogen) atoms. The Labute approximate surface area is 89.1 Å². The van der Waals surface area contributed by atoms with Crippen molar-refractivity contribution < 1.29 is 9.59 Å². The van der Waals surface area contributed by atoms with E-state index in [-0.39, 0.29) is 17.9 Å². The lowest BCUT2D eigenvalue weighted by atomic mass is 10.1. The minimum absolute atomic E-state index is 0.00562. The smallest absolute Gasteiger partial charge is 0.237 e.